The molecule has 4 aromatic rings. The maximum atomic E-state index is 12.9. The van der Waals surface area contributed by atoms with Crippen LogP contribution in [0.5, 0.6) is 11.5 Å². The van der Waals surface area contributed by atoms with Gasteiger partial charge >= 0.3 is 0 Å². The van der Waals surface area contributed by atoms with Gasteiger partial charge in [0.2, 0.25) is 0 Å². The lowest BCUT2D eigenvalue weighted by Gasteiger charge is -2.14. The molecule has 0 aliphatic rings. The molecule has 0 unspecified atom stereocenters. The topological polar surface area (TPSA) is 88.7 Å². The molecule has 4 aromatic carbocycles. The number of benzene rings is 4. The zero-order chi connectivity index (χ0) is 26.7. The molecule has 7 nitrogen and oxygen atoms in total. The number of amides is 2. The highest BCUT2D eigenvalue weighted by Gasteiger charge is 2.14. The summed E-state index contributed by atoms with van der Waals surface area (Å²) in [7, 11) is 0. The average molecular weight is 546 g/mol. The van der Waals surface area contributed by atoms with Crippen molar-refractivity contribution in [1.82, 2.24) is 5.32 Å². The van der Waals surface area contributed by atoms with Gasteiger partial charge in [-0.3, -0.25) is 14.9 Å². The van der Waals surface area contributed by atoms with Crippen molar-refractivity contribution in [3.05, 3.63) is 119 Å². The second kappa shape index (κ2) is 13.2. The Hall–Kier alpha value is -4.40. The number of halogens is 1. The third-order valence-corrected chi connectivity index (χ3v) is 5.62. The smallest absolute Gasteiger partial charge is 0.261 e. The maximum Gasteiger partial charge on any atom is 0.261 e. The van der Waals surface area contributed by atoms with E-state index in [1.54, 1.807) is 72.8 Å². The molecule has 0 aliphatic heterocycles. The monoisotopic (exact) mass is 545 g/mol. The molecule has 0 spiro atoms. The van der Waals surface area contributed by atoms with E-state index < -0.39 is 5.91 Å². The molecule has 0 aliphatic carbocycles. The van der Waals surface area contributed by atoms with Crippen LogP contribution in [0.4, 0.5) is 11.4 Å². The van der Waals surface area contributed by atoms with Crippen molar-refractivity contribution in [1.29, 1.82) is 0 Å². The summed E-state index contributed by atoms with van der Waals surface area (Å²) in [4.78, 5) is 25.5. The Morgan fingerprint density at radius 1 is 0.711 bits per heavy atom. The predicted molar refractivity (Wildman–Crippen MR) is 153 cm³/mol. The second-order valence-corrected chi connectivity index (χ2v) is 8.80. The summed E-state index contributed by atoms with van der Waals surface area (Å²) in [6.07, 6.45) is 0. The third kappa shape index (κ3) is 7.80. The summed E-state index contributed by atoms with van der Waals surface area (Å²) in [6.45, 7) is 0.576. The van der Waals surface area contributed by atoms with Crippen LogP contribution in [0.3, 0.4) is 0 Å². The quantitative estimate of drug-likeness (QED) is 0.172. The highest BCUT2D eigenvalue weighted by atomic mass is 35.5. The molecule has 0 fully saturated rings. The van der Waals surface area contributed by atoms with Gasteiger partial charge in [0, 0.05) is 22.0 Å². The van der Waals surface area contributed by atoms with Crippen molar-refractivity contribution < 1.29 is 19.1 Å². The number of rotatable bonds is 9. The van der Waals surface area contributed by atoms with Gasteiger partial charge in [0.05, 0.1) is 5.56 Å². The molecule has 38 heavy (non-hydrogen) atoms. The molecule has 9 heteroatoms. The van der Waals surface area contributed by atoms with E-state index in [-0.39, 0.29) is 17.6 Å². The van der Waals surface area contributed by atoms with Gasteiger partial charge in [-0.1, -0.05) is 54.1 Å². The van der Waals surface area contributed by atoms with E-state index >= 15 is 0 Å². The minimum Gasteiger partial charge on any atom is -0.490 e. The van der Waals surface area contributed by atoms with E-state index in [0.717, 1.165) is 5.75 Å². The molecule has 0 saturated heterocycles. The Morgan fingerprint density at radius 2 is 1.39 bits per heavy atom. The fourth-order valence-corrected chi connectivity index (χ4v) is 3.85. The van der Waals surface area contributed by atoms with Gasteiger partial charge in [0.1, 0.15) is 24.7 Å². The van der Waals surface area contributed by atoms with E-state index in [0.29, 0.717) is 39.9 Å². The fraction of sp³-hybridized carbons (Fsp3) is 0.0690. The molecular formula is C29H24ClN3O4S. The Bertz CT molecular complexity index is 1430. The number of thiocarbonyl (C=S) groups is 1. The normalized spacial score (nSPS) is 10.2. The number of carbonyl (C=O) groups is 2. The maximum absolute atomic E-state index is 12.9. The molecule has 0 bridgehead atoms. The van der Waals surface area contributed by atoms with Crippen LogP contribution in [0.15, 0.2) is 103 Å². The van der Waals surface area contributed by atoms with Crippen molar-refractivity contribution in [3.63, 3.8) is 0 Å². The predicted octanol–water partition coefficient (Wildman–Crippen LogP) is 6.18. The van der Waals surface area contributed by atoms with Crippen LogP contribution in [0, 0.1) is 0 Å². The molecule has 2 amide bonds. The fourth-order valence-electron chi connectivity index (χ4n) is 3.45. The van der Waals surface area contributed by atoms with E-state index in [1.165, 1.54) is 0 Å². The van der Waals surface area contributed by atoms with Gasteiger partial charge in [0.15, 0.2) is 5.11 Å². The van der Waals surface area contributed by atoms with E-state index in [2.05, 4.69) is 16.0 Å². The van der Waals surface area contributed by atoms with Gasteiger partial charge in [-0.25, -0.2) is 0 Å². The zero-order valence-corrected chi connectivity index (χ0v) is 21.7. The number of ether oxygens (including phenoxy) is 2. The number of hydrogen-bond donors (Lipinski definition) is 3. The van der Waals surface area contributed by atoms with Gasteiger partial charge in [0.25, 0.3) is 11.8 Å². The molecule has 0 saturated carbocycles. The first-order chi connectivity index (χ1) is 18.5. The zero-order valence-electron chi connectivity index (χ0n) is 20.1. The minimum atomic E-state index is -0.433. The summed E-state index contributed by atoms with van der Waals surface area (Å²) < 4.78 is 11.4. The number of para-hydroxylation sites is 2. The molecule has 3 N–H and O–H groups in total. The molecule has 192 valence electrons. The SMILES string of the molecule is O=C(Nc1cccc(Cl)c1)c1cccc(NC(=S)NC(=O)c2ccccc2OCCOc2ccccc2)c1. The summed E-state index contributed by atoms with van der Waals surface area (Å²) in [5.74, 6) is 0.402. The lowest BCUT2D eigenvalue weighted by molar-refractivity contribution is 0.0971. The average Bonchev–Trinajstić information content (AvgIpc) is 2.92. The lowest BCUT2D eigenvalue weighted by Crippen LogP contribution is -2.34. The van der Waals surface area contributed by atoms with E-state index in [4.69, 9.17) is 33.3 Å². The van der Waals surface area contributed by atoms with Gasteiger partial charge in [-0.05, 0) is 72.9 Å². The Kier molecular flexibility index (Phi) is 9.28. The molecule has 0 radical (unpaired) electrons. The highest BCUT2D eigenvalue weighted by Crippen LogP contribution is 2.19. The van der Waals surface area contributed by atoms with Gasteiger partial charge in [-0.15, -0.1) is 0 Å². The molecular weight excluding hydrogens is 522 g/mol. The van der Waals surface area contributed by atoms with Crippen molar-refractivity contribution in [2.75, 3.05) is 23.8 Å². The first-order valence-corrected chi connectivity index (χ1v) is 12.5. The Balaban J connectivity index is 1.31. The van der Waals surface area contributed by atoms with Crippen LogP contribution in [0.2, 0.25) is 5.02 Å². The van der Waals surface area contributed by atoms with Crippen LogP contribution in [-0.4, -0.2) is 30.1 Å². The van der Waals surface area contributed by atoms with Crippen LogP contribution >= 0.6 is 23.8 Å². The molecule has 0 aromatic heterocycles. The van der Waals surface area contributed by atoms with E-state index in [9.17, 15) is 9.59 Å². The first kappa shape index (κ1) is 26.7. The van der Waals surface area contributed by atoms with Crippen LogP contribution < -0.4 is 25.4 Å². The van der Waals surface area contributed by atoms with Crippen molar-refractivity contribution in [2.45, 2.75) is 0 Å². The standard InChI is InChI=1S/C29H24ClN3O4S/c30-21-9-7-11-23(19-21)31-27(34)20-8-6-10-22(18-20)32-29(38)33-28(35)25-14-4-5-15-26(25)37-17-16-36-24-12-2-1-3-13-24/h1-15,18-19H,16-17H2,(H,31,34)(H2,32,33,35,38). The van der Waals surface area contributed by atoms with Gasteiger partial charge < -0.3 is 20.1 Å². The van der Waals surface area contributed by atoms with Crippen molar-refractivity contribution >= 4 is 52.1 Å². The second-order valence-electron chi connectivity index (χ2n) is 7.96. The number of hydrogen-bond acceptors (Lipinski definition) is 5. The number of nitrogens with one attached hydrogen (secondary N) is 3. The summed E-state index contributed by atoms with van der Waals surface area (Å²) in [6, 6.07) is 29.9. The Morgan fingerprint density at radius 3 is 2.18 bits per heavy atom. The largest absolute Gasteiger partial charge is 0.490 e. The molecule has 4 rings (SSSR count). The first-order valence-electron chi connectivity index (χ1n) is 11.7. The number of carbonyl (C=O) groups excluding carboxylic acids is 2. The van der Waals surface area contributed by atoms with Crippen LogP contribution in [0.25, 0.3) is 0 Å². The lowest BCUT2D eigenvalue weighted by atomic mass is 10.2. The molecule has 0 atom stereocenters. The van der Waals surface area contributed by atoms with Crippen molar-refractivity contribution in [3.8, 4) is 11.5 Å². The minimum absolute atomic E-state index is 0.0737. The van der Waals surface area contributed by atoms with Crippen LogP contribution in [0.1, 0.15) is 20.7 Å². The van der Waals surface area contributed by atoms with Crippen LogP contribution in [-0.2, 0) is 0 Å². The summed E-state index contributed by atoms with van der Waals surface area (Å²) in [5.41, 5.74) is 1.85. The van der Waals surface area contributed by atoms with E-state index in [1.807, 2.05) is 30.3 Å². The third-order valence-electron chi connectivity index (χ3n) is 5.18. The van der Waals surface area contributed by atoms with Crippen molar-refractivity contribution in [2.24, 2.45) is 0 Å². The highest BCUT2D eigenvalue weighted by molar-refractivity contribution is 7.80. The molecule has 0 heterocycles. The summed E-state index contributed by atoms with van der Waals surface area (Å²) >= 11 is 11.3. The Labute approximate surface area is 230 Å². The number of anilines is 2. The van der Waals surface area contributed by atoms with Gasteiger partial charge in [-0.2, -0.15) is 0 Å². The summed E-state index contributed by atoms with van der Waals surface area (Å²) in [5, 5.41) is 8.98.